The SMILES string of the molecule is O=C(COc1ccccc1[N+](=O)[O-])NCCc1ccc(S(=O)(=O)NC2CCCC2)cc1. The van der Waals surface area contributed by atoms with E-state index in [4.69, 9.17) is 4.74 Å². The minimum atomic E-state index is -3.52. The number of carbonyl (C=O) groups excluding carboxylic acids is 1. The fraction of sp³-hybridized carbons (Fsp3) is 0.381. The lowest BCUT2D eigenvalue weighted by atomic mass is 10.1. The summed E-state index contributed by atoms with van der Waals surface area (Å²) in [5, 5.41) is 13.6. The third-order valence-corrected chi connectivity index (χ3v) is 6.60. The van der Waals surface area contributed by atoms with E-state index in [0.29, 0.717) is 13.0 Å². The van der Waals surface area contributed by atoms with Crippen molar-refractivity contribution in [1.82, 2.24) is 10.0 Å². The molecule has 0 radical (unpaired) electrons. The van der Waals surface area contributed by atoms with Crippen molar-refractivity contribution in [2.24, 2.45) is 0 Å². The van der Waals surface area contributed by atoms with Crippen LogP contribution in [-0.4, -0.2) is 38.4 Å². The van der Waals surface area contributed by atoms with Gasteiger partial charge >= 0.3 is 5.69 Å². The molecular weight excluding hydrogens is 422 g/mol. The molecule has 0 spiro atoms. The molecule has 9 nitrogen and oxygen atoms in total. The van der Waals surface area contributed by atoms with Crippen molar-refractivity contribution in [2.75, 3.05) is 13.2 Å². The molecule has 0 aromatic heterocycles. The van der Waals surface area contributed by atoms with Gasteiger partial charge in [-0.3, -0.25) is 14.9 Å². The maximum atomic E-state index is 12.4. The van der Waals surface area contributed by atoms with Gasteiger partial charge in [0.2, 0.25) is 10.0 Å². The quantitative estimate of drug-likeness (QED) is 0.426. The van der Waals surface area contributed by atoms with Crippen LogP contribution in [0.4, 0.5) is 5.69 Å². The van der Waals surface area contributed by atoms with Crippen LogP contribution in [-0.2, 0) is 21.2 Å². The molecular formula is C21H25N3O6S. The lowest BCUT2D eigenvalue weighted by Crippen LogP contribution is -2.32. The second-order valence-corrected chi connectivity index (χ2v) is 9.07. The number of sulfonamides is 1. The van der Waals surface area contributed by atoms with Gasteiger partial charge in [-0.2, -0.15) is 0 Å². The van der Waals surface area contributed by atoms with Crippen molar-refractivity contribution in [3.8, 4) is 5.75 Å². The highest BCUT2D eigenvalue weighted by molar-refractivity contribution is 7.89. The summed E-state index contributed by atoms with van der Waals surface area (Å²) in [5.41, 5.74) is 0.674. The first-order valence-electron chi connectivity index (χ1n) is 10.1. The van der Waals surface area contributed by atoms with Gasteiger partial charge < -0.3 is 10.1 Å². The Hall–Kier alpha value is -2.98. The molecule has 2 N–H and O–H groups in total. The number of hydrogen-bond donors (Lipinski definition) is 2. The zero-order valence-corrected chi connectivity index (χ0v) is 17.8. The second kappa shape index (κ2) is 10.4. The molecule has 1 amide bonds. The van der Waals surface area contributed by atoms with E-state index in [1.165, 1.54) is 18.2 Å². The number of benzene rings is 2. The van der Waals surface area contributed by atoms with Crippen LogP contribution in [0.3, 0.4) is 0 Å². The fourth-order valence-electron chi connectivity index (χ4n) is 3.44. The van der Waals surface area contributed by atoms with Gasteiger partial charge in [-0.05, 0) is 43.0 Å². The molecule has 1 aliphatic carbocycles. The van der Waals surface area contributed by atoms with Gasteiger partial charge in [-0.1, -0.05) is 37.1 Å². The van der Waals surface area contributed by atoms with Gasteiger partial charge in [0, 0.05) is 18.7 Å². The molecule has 0 unspecified atom stereocenters. The van der Waals surface area contributed by atoms with Crippen molar-refractivity contribution in [2.45, 2.75) is 43.0 Å². The number of ether oxygens (including phenoxy) is 1. The average molecular weight is 448 g/mol. The number of nitrogens with one attached hydrogen (secondary N) is 2. The zero-order valence-electron chi connectivity index (χ0n) is 17.0. The number of para-hydroxylation sites is 2. The average Bonchev–Trinajstić information content (AvgIpc) is 3.25. The van der Waals surface area contributed by atoms with Crippen LogP contribution in [0.2, 0.25) is 0 Å². The van der Waals surface area contributed by atoms with Crippen molar-refractivity contribution < 1.29 is 22.9 Å². The van der Waals surface area contributed by atoms with Crippen LogP contribution in [0.15, 0.2) is 53.4 Å². The molecule has 0 atom stereocenters. The summed E-state index contributed by atoms with van der Waals surface area (Å²) in [6.07, 6.45) is 4.35. The molecule has 0 heterocycles. The molecule has 166 valence electrons. The van der Waals surface area contributed by atoms with E-state index in [0.717, 1.165) is 31.2 Å². The van der Waals surface area contributed by atoms with Gasteiger partial charge in [-0.25, -0.2) is 13.1 Å². The summed E-state index contributed by atoms with van der Waals surface area (Å²) in [7, 11) is -3.52. The third kappa shape index (κ3) is 6.50. The van der Waals surface area contributed by atoms with E-state index in [2.05, 4.69) is 10.0 Å². The predicted molar refractivity (Wildman–Crippen MR) is 114 cm³/mol. The lowest BCUT2D eigenvalue weighted by molar-refractivity contribution is -0.385. The van der Waals surface area contributed by atoms with Crippen LogP contribution in [0, 0.1) is 10.1 Å². The highest BCUT2D eigenvalue weighted by Gasteiger charge is 2.22. The Labute approximate surface area is 181 Å². The molecule has 2 aromatic carbocycles. The van der Waals surface area contributed by atoms with Crippen LogP contribution in [0.5, 0.6) is 5.75 Å². The number of nitro benzene ring substituents is 1. The smallest absolute Gasteiger partial charge is 0.310 e. The first-order chi connectivity index (χ1) is 14.8. The number of nitro groups is 1. The first kappa shape index (κ1) is 22.7. The third-order valence-electron chi connectivity index (χ3n) is 5.07. The lowest BCUT2D eigenvalue weighted by Gasteiger charge is -2.13. The Balaban J connectivity index is 1.44. The zero-order chi connectivity index (χ0) is 22.3. The number of hydrogen-bond acceptors (Lipinski definition) is 6. The van der Waals surface area contributed by atoms with Crippen molar-refractivity contribution in [3.63, 3.8) is 0 Å². The Morgan fingerprint density at radius 2 is 1.77 bits per heavy atom. The summed E-state index contributed by atoms with van der Waals surface area (Å²) in [4.78, 5) is 22.6. The normalized spacial score (nSPS) is 14.3. The van der Waals surface area contributed by atoms with E-state index in [-0.39, 0.29) is 29.0 Å². The van der Waals surface area contributed by atoms with Crippen LogP contribution < -0.4 is 14.8 Å². The Kier molecular flexibility index (Phi) is 7.59. The fourth-order valence-corrected chi connectivity index (χ4v) is 4.74. The van der Waals surface area contributed by atoms with E-state index < -0.39 is 20.9 Å². The first-order valence-corrected chi connectivity index (χ1v) is 11.6. The van der Waals surface area contributed by atoms with E-state index in [1.54, 1.807) is 30.3 Å². The molecule has 1 aliphatic rings. The largest absolute Gasteiger partial charge is 0.477 e. The Morgan fingerprint density at radius 3 is 2.45 bits per heavy atom. The molecule has 2 aromatic rings. The molecule has 0 aliphatic heterocycles. The van der Waals surface area contributed by atoms with Gasteiger partial charge in [0.1, 0.15) is 0 Å². The number of carbonyl (C=O) groups is 1. The maximum Gasteiger partial charge on any atom is 0.310 e. The minimum Gasteiger partial charge on any atom is -0.477 e. The van der Waals surface area contributed by atoms with Crippen LogP contribution >= 0.6 is 0 Å². The van der Waals surface area contributed by atoms with Crippen molar-refractivity contribution in [3.05, 3.63) is 64.2 Å². The number of rotatable bonds is 10. The van der Waals surface area contributed by atoms with E-state index in [9.17, 15) is 23.3 Å². The molecule has 0 bridgehead atoms. The summed E-state index contributed by atoms with van der Waals surface area (Å²) in [6, 6.07) is 12.4. The highest BCUT2D eigenvalue weighted by Crippen LogP contribution is 2.25. The molecule has 10 heteroatoms. The topological polar surface area (TPSA) is 128 Å². The summed E-state index contributed by atoms with van der Waals surface area (Å²) in [6.45, 7) is -0.0135. The van der Waals surface area contributed by atoms with Crippen LogP contribution in [0.1, 0.15) is 31.2 Å². The molecule has 1 saturated carbocycles. The second-order valence-electron chi connectivity index (χ2n) is 7.36. The van der Waals surface area contributed by atoms with Crippen molar-refractivity contribution in [1.29, 1.82) is 0 Å². The maximum absolute atomic E-state index is 12.4. The summed E-state index contributed by atoms with van der Waals surface area (Å²) >= 11 is 0. The summed E-state index contributed by atoms with van der Waals surface area (Å²) < 4.78 is 32.9. The Morgan fingerprint density at radius 1 is 1.10 bits per heavy atom. The number of amides is 1. The monoisotopic (exact) mass is 447 g/mol. The predicted octanol–water partition coefficient (Wildman–Crippen LogP) is 2.55. The molecule has 31 heavy (non-hydrogen) atoms. The van der Waals surface area contributed by atoms with E-state index >= 15 is 0 Å². The van der Waals surface area contributed by atoms with Crippen molar-refractivity contribution >= 4 is 21.6 Å². The van der Waals surface area contributed by atoms with Gasteiger partial charge in [0.15, 0.2) is 12.4 Å². The van der Waals surface area contributed by atoms with E-state index in [1.807, 2.05) is 0 Å². The van der Waals surface area contributed by atoms with Gasteiger partial charge in [-0.15, -0.1) is 0 Å². The van der Waals surface area contributed by atoms with Gasteiger partial charge in [0.05, 0.1) is 9.82 Å². The molecule has 0 saturated heterocycles. The Bertz CT molecular complexity index is 1020. The standard InChI is InChI=1S/C21H25N3O6S/c25-21(15-30-20-8-4-3-7-19(20)24(26)27)22-14-13-16-9-11-18(12-10-16)31(28,29)23-17-5-1-2-6-17/h3-4,7-12,17,23H,1-2,5-6,13-15H2,(H,22,25). The van der Waals surface area contributed by atoms with Crippen LogP contribution in [0.25, 0.3) is 0 Å². The number of nitrogens with zero attached hydrogens (tertiary/aromatic N) is 1. The molecule has 1 fully saturated rings. The minimum absolute atomic E-state index is 0.0134. The highest BCUT2D eigenvalue weighted by atomic mass is 32.2. The van der Waals surface area contributed by atoms with Gasteiger partial charge in [0.25, 0.3) is 5.91 Å². The molecule has 3 rings (SSSR count). The summed E-state index contributed by atoms with van der Waals surface area (Å²) in [5.74, 6) is -0.372.